The molecule has 2 aromatic heterocycles. The number of pyridine rings is 2. The topological polar surface area (TPSA) is 130 Å². The van der Waals surface area contributed by atoms with Gasteiger partial charge in [0, 0.05) is 18.4 Å². The molecule has 3 N–H and O–H groups in total. The second-order valence-electron chi connectivity index (χ2n) is 4.80. The monoisotopic (exact) mass is 322 g/mol. The quantitative estimate of drug-likeness (QED) is 0.764. The zero-order valence-corrected chi connectivity index (χ0v) is 13.0. The minimum Gasteiger partial charge on any atom is -0.479 e. The molecule has 0 saturated heterocycles. The summed E-state index contributed by atoms with van der Waals surface area (Å²) in [5, 5.41) is 25.1. The van der Waals surface area contributed by atoms with E-state index in [1.54, 1.807) is 16.7 Å². The molecule has 1 unspecified atom stereocenters. The van der Waals surface area contributed by atoms with Crippen LogP contribution in [0.15, 0.2) is 23.1 Å². The highest BCUT2D eigenvalue weighted by Crippen LogP contribution is 2.10. The van der Waals surface area contributed by atoms with E-state index in [1.807, 2.05) is 13.8 Å². The molecule has 0 radical (unpaired) electrons. The van der Waals surface area contributed by atoms with Crippen molar-refractivity contribution >= 4 is 23.0 Å². The number of nitrogens with zero attached hydrogens (tertiary/aromatic N) is 2. The van der Waals surface area contributed by atoms with Crippen molar-refractivity contribution in [3.63, 3.8) is 0 Å². The summed E-state index contributed by atoms with van der Waals surface area (Å²) in [5.41, 5.74) is 0.624. The molecule has 23 heavy (non-hydrogen) atoms. The third-order valence-electron chi connectivity index (χ3n) is 2.99. The number of aromatic nitrogens is 2. The van der Waals surface area contributed by atoms with Crippen molar-refractivity contribution in [2.75, 3.05) is 0 Å². The van der Waals surface area contributed by atoms with Gasteiger partial charge >= 0.3 is 11.9 Å². The summed E-state index contributed by atoms with van der Waals surface area (Å²) in [5.74, 6) is -2.39. The van der Waals surface area contributed by atoms with Crippen LogP contribution in [0.1, 0.15) is 29.9 Å². The molecular formula is C15H18N2O6. The molecule has 0 aromatic carbocycles. The number of rotatable bonds is 3. The number of aromatic carboxylic acids is 1. The Kier molecular flexibility index (Phi) is 5.97. The second kappa shape index (κ2) is 7.50. The van der Waals surface area contributed by atoms with Crippen molar-refractivity contribution in [3.8, 4) is 0 Å². The fourth-order valence-electron chi connectivity index (χ4n) is 1.75. The van der Waals surface area contributed by atoms with Crippen LogP contribution in [0.3, 0.4) is 0 Å². The van der Waals surface area contributed by atoms with E-state index in [0.717, 1.165) is 5.69 Å². The lowest BCUT2D eigenvalue weighted by Crippen LogP contribution is -2.19. The van der Waals surface area contributed by atoms with Crippen LogP contribution in [0.2, 0.25) is 0 Å². The number of hydrogen-bond donors (Lipinski definition) is 3. The van der Waals surface area contributed by atoms with Crippen LogP contribution < -0.4 is 5.43 Å². The fourth-order valence-corrected chi connectivity index (χ4v) is 1.75. The highest BCUT2D eigenvalue weighted by Gasteiger charge is 2.14. The molecule has 0 saturated carbocycles. The number of carboxylic acids is 2. The maximum Gasteiger partial charge on any atom is 0.341 e. The summed E-state index contributed by atoms with van der Waals surface area (Å²) in [7, 11) is 0. The Morgan fingerprint density at radius 3 is 2.30 bits per heavy atom. The zero-order valence-electron chi connectivity index (χ0n) is 13.0. The van der Waals surface area contributed by atoms with Crippen molar-refractivity contribution in [2.45, 2.75) is 33.4 Å². The van der Waals surface area contributed by atoms with Crippen LogP contribution in [-0.2, 0) is 11.3 Å². The molecule has 0 fully saturated rings. The smallest absolute Gasteiger partial charge is 0.341 e. The van der Waals surface area contributed by atoms with E-state index in [0.29, 0.717) is 17.6 Å². The Bertz CT molecular complexity index is 794. The molecule has 2 aromatic rings. The average molecular weight is 322 g/mol. The number of aliphatic hydroxyl groups is 1. The van der Waals surface area contributed by atoms with Crippen LogP contribution >= 0.6 is 0 Å². The van der Waals surface area contributed by atoms with Gasteiger partial charge < -0.3 is 19.9 Å². The van der Waals surface area contributed by atoms with Gasteiger partial charge in [-0.05, 0) is 32.9 Å². The molecule has 2 rings (SSSR count). The van der Waals surface area contributed by atoms with E-state index >= 15 is 0 Å². The summed E-state index contributed by atoms with van der Waals surface area (Å²) < 4.78 is 1.67. The van der Waals surface area contributed by atoms with Crippen LogP contribution in [-0.4, -0.2) is 42.9 Å². The standard InChI is InChI=1S/C12H12N2O3.C3H6O3/c1-3-14-6-9(12(16)17)10(15)8-5-4-7(2)13-11(8)14;1-2(4)3(5)6/h4-6H,3H2,1-2H3,(H,16,17);2,4H,1H3,(H,5,6). The van der Waals surface area contributed by atoms with Crippen LogP contribution in [0.5, 0.6) is 0 Å². The van der Waals surface area contributed by atoms with E-state index in [2.05, 4.69) is 4.98 Å². The first kappa shape index (κ1) is 18.3. The van der Waals surface area contributed by atoms with Crippen LogP contribution in [0.4, 0.5) is 0 Å². The van der Waals surface area contributed by atoms with Gasteiger partial charge in [-0.25, -0.2) is 14.6 Å². The van der Waals surface area contributed by atoms with Gasteiger partial charge in [-0.2, -0.15) is 0 Å². The van der Waals surface area contributed by atoms with E-state index in [-0.39, 0.29) is 5.56 Å². The molecule has 0 spiro atoms. The van der Waals surface area contributed by atoms with Gasteiger partial charge in [0.05, 0.1) is 5.39 Å². The summed E-state index contributed by atoms with van der Waals surface area (Å²) >= 11 is 0. The number of hydrogen-bond acceptors (Lipinski definition) is 5. The summed E-state index contributed by atoms with van der Waals surface area (Å²) in [6, 6.07) is 3.33. The molecule has 0 aliphatic rings. The summed E-state index contributed by atoms with van der Waals surface area (Å²) in [6.07, 6.45) is 0.115. The maximum atomic E-state index is 11.9. The summed E-state index contributed by atoms with van der Waals surface area (Å²) in [4.78, 5) is 36.6. The van der Waals surface area contributed by atoms with E-state index in [1.165, 1.54) is 13.1 Å². The zero-order chi connectivity index (χ0) is 17.7. The molecule has 1 atom stereocenters. The van der Waals surface area contributed by atoms with Gasteiger partial charge in [0.15, 0.2) is 0 Å². The molecule has 2 heterocycles. The second-order valence-corrected chi connectivity index (χ2v) is 4.80. The van der Waals surface area contributed by atoms with Gasteiger partial charge in [-0.1, -0.05) is 0 Å². The van der Waals surface area contributed by atoms with Crippen molar-refractivity contribution in [1.29, 1.82) is 0 Å². The predicted molar refractivity (Wildman–Crippen MR) is 82.7 cm³/mol. The molecular weight excluding hydrogens is 304 g/mol. The summed E-state index contributed by atoms with van der Waals surface area (Å²) in [6.45, 7) is 5.46. The minimum atomic E-state index is -1.23. The third kappa shape index (κ3) is 4.36. The predicted octanol–water partition coefficient (Wildman–Crippen LogP) is 0.875. The van der Waals surface area contributed by atoms with Gasteiger partial charge in [0.1, 0.15) is 17.3 Å². The largest absolute Gasteiger partial charge is 0.479 e. The SMILES string of the molecule is CC(O)C(=O)O.CCn1cc(C(=O)O)c(=O)c2ccc(C)nc21. The Labute approximate surface area is 131 Å². The lowest BCUT2D eigenvalue weighted by Gasteiger charge is -2.09. The number of aliphatic hydroxyl groups excluding tert-OH is 1. The number of aryl methyl sites for hydroxylation is 2. The number of carbonyl (C=O) groups is 2. The molecule has 124 valence electrons. The van der Waals surface area contributed by atoms with Crippen molar-refractivity contribution in [2.24, 2.45) is 0 Å². The van der Waals surface area contributed by atoms with E-state index in [4.69, 9.17) is 15.3 Å². The van der Waals surface area contributed by atoms with E-state index < -0.39 is 23.5 Å². The van der Waals surface area contributed by atoms with Crippen LogP contribution in [0, 0.1) is 6.92 Å². The number of aliphatic carboxylic acids is 1. The van der Waals surface area contributed by atoms with Crippen molar-refractivity contribution < 1.29 is 24.9 Å². The van der Waals surface area contributed by atoms with Crippen LogP contribution in [0.25, 0.3) is 11.0 Å². The molecule has 0 bridgehead atoms. The van der Waals surface area contributed by atoms with Gasteiger partial charge in [0.25, 0.3) is 0 Å². The molecule has 0 aliphatic carbocycles. The highest BCUT2D eigenvalue weighted by molar-refractivity contribution is 5.91. The molecule has 0 amide bonds. The lowest BCUT2D eigenvalue weighted by molar-refractivity contribution is -0.145. The molecule has 8 nitrogen and oxygen atoms in total. The first-order valence-corrected chi connectivity index (χ1v) is 6.84. The molecule has 0 aliphatic heterocycles. The highest BCUT2D eigenvalue weighted by atomic mass is 16.4. The Balaban J connectivity index is 0.000000379. The van der Waals surface area contributed by atoms with E-state index in [9.17, 15) is 14.4 Å². The molecule has 8 heteroatoms. The van der Waals surface area contributed by atoms with Gasteiger partial charge in [-0.3, -0.25) is 4.79 Å². The third-order valence-corrected chi connectivity index (χ3v) is 2.99. The van der Waals surface area contributed by atoms with Gasteiger partial charge in [-0.15, -0.1) is 0 Å². The Hall–Kier alpha value is -2.74. The first-order valence-electron chi connectivity index (χ1n) is 6.84. The average Bonchev–Trinajstić information content (AvgIpc) is 2.47. The lowest BCUT2D eigenvalue weighted by atomic mass is 10.2. The fraction of sp³-hybridized carbons (Fsp3) is 0.333. The van der Waals surface area contributed by atoms with Crippen molar-refractivity contribution in [1.82, 2.24) is 9.55 Å². The first-order chi connectivity index (χ1) is 10.7. The maximum absolute atomic E-state index is 11.9. The minimum absolute atomic E-state index is 0.218. The van der Waals surface area contributed by atoms with Crippen molar-refractivity contribution in [3.05, 3.63) is 39.8 Å². The number of fused-ring (bicyclic) bond motifs is 1. The van der Waals surface area contributed by atoms with Gasteiger partial charge in [0.2, 0.25) is 5.43 Å². The Morgan fingerprint density at radius 1 is 1.30 bits per heavy atom. The normalized spacial score (nSPS) is 11.5. The number of carboxylic acid groups (broad SMARTS) is 2. The Morgan fingerprint density at radius 2 is 1.87 bits per heavy atom.